The molecule has 2 rings (SSSR count). The molecule has 1 heterocycles. The van der Waals surface area contributed by atoms with Crippen LogP contribution in [0.4, 0.5) is 5.82 Å². The van der Waals surface area contributed by atoms with Crippen LogP contribution in [0.15, 0.2) is 36.5 Å². The third-order valence-corrected chi connectivity index (χ3v) is 3.13. The Morgan fingerprint density at radius 3 is 2.79 bits per heavy atom. The Balaban J connectivity index is 2.15. The number of ether oxygens (including phenoxy) is 1. The van der Waals surface area contributed by atoms with E-state index in [-0.39, 0.29) is 0 Å². The highest BCUT2D eigenvalue weighted by molar-refractivity contribution is 6.32. The van der Waals surface area contributed by atoms with E-state index >= 15 is 0 Å². The second-order valence-corrected chi connectivity index (χ2v) is 4.61. The first-order valence-electron chi connectivity index (χ1n) is 5.82. The van der Waals surface area contributed by atoms with Gasteiger partial charge in [0.2, 0.25) is 0 Å². The van der Waals surface area contributed by atoms with Gasteiger partial charge in [0.15, 0.2) is 0 Å². The smallest absolute Gasteiger partial charge is 0.137 e. The average molecular weight is 279 g/mol. The van der Waals surface area contributed by atoms with Crippen LogP contribution in [0.25, 0.3) is 0 Å². The summed E-state index contributed by atoms with van der Waals surface area (Å²) in [4.78, 5) is 3.92. The third kappa shape index (κ3) is 3.36. The summed E-state index contributed by atoms with van der Waals surface area (Å²) in [6.45, 7) is 0. The number of nitrogen functional groups attached to an aromatic ring is 1. The summed E-state index contributed by atoms with van der Waals surface area (Å²) in [7, 11) is 1.55. The fourth-order valence-electron chi connectivity index (χ4n) is 1.85. The van der Waals surface area contributed by atoms with Crippen molar-refractivity contribution in [3.05, 3.63) is 52.7 Å². The van der Waals surface area contributed by atoms with Gasteiger partial charge in [-0.25, -0.2) is 4.98 Å². The zero-order chi connectivity index (χ0) is 13.8. The minimum Gasteiger partial charge on any atom is -0.495 e. The van der Waals surface area contributed by atoms with Crippen molar-refractivity contribution in [1.82, 2.24) is 4.98 Å². The second kappa shape index (κ2) is 5.91. The number of hydrogen-bond acceptors (Lipinski definition) is 4. The Bertz CT molecular complexity index is 575. The number of nitrogens with zero attached hydrogens (tertiary/aromatic N) is 1. The van der Waals surface area contributed by atoms with Gasteiger partial charge in [0.05, 0.1) is 18.2 Å². The fraction of sp³-hybridized carbons (Fsp3) is 0.214. The van der Waals surface area contributed by atoms with Crippen LogP contribution >= 0.6 is 11.6 Å². The number of pyridine rings is 1. The van der Waals surface area contributed by atoms with Crippen molar-refractivity contribution in [1.29, 1.82) is 0 Å². The lowest BCUT2D eigenvalue weighted by Crippen LogP contribution is -2.03. The maximum atomic E-state index is 10.2. The van der Waals surface area contributed by atoms with Gasteiger partial charge in [0.1, 0.15) is 11.6 Å². The van der Waals surface area contributed by atoms with Crippen molar-refractivity contribution in [3.63, 3.8) is 0 Å². The van der Waals surface area contributed by atoms with E-state index in [1.54, 1.807) is 37.6 Å². The van der Waals surface area contributed by atoms with E-state index in [0.29, 0.717) is 23.0 Å². The molecule has 100 valence electrons. The summed E-state index contributed by atoms with van der Waals surface area (Å²) < 4.78 is 5.08. The van der Waals surface area contributed by atoms with E-state index in [4.69, 9.17) is 22.1 Å². The lowest BCUT2D eigenvalue weighted by molar-refractivity contribution is 0.178. The highest BCUT2D eigenvalue weighted by Gasteiger charge is 2.11. The fourth-order valence-corrected chi connectivity index (χ4v) is 2.12. The summed E-state index contributed by atoms with van der Waals surface area (Å²) in [6, 6.07) is 8.80. The average Bonchev–Trinajstić information content (AvgIpc) is 2.38. The van der Waals surface area contributed by atoms with Crippen LogP contribution < -0.4 is 10.5 Å². The molecule has 1 atom stereocenters. The predicted molar refractivity (Wildman–Crippen MR) is 75.3 cm³/mol. The number of aliphatic hydroxyl groups is 1. The predicted octanol–water partition coefficient (Wildman–Crippen LogP) is 2.60. The van der Waals surface area contributed by atoms with Gasteiger partial charge in [-0.1, -0.05) is 17.7 Å². The van der Waals surface area contributed by atoms with Crippen LogP contribution in [0.2, 0.25) is 5.02 Å². The molecule has 0 radical (unpaired) electrons. The van der Waals surface area contributed by atoms with E-state index in [9.17, 15) is 5.11 Å². The van der Waals surface area contributed by atoms with Gasteiger partial charge in [0.25, 0.3) is 0 Å². The molecule has 0 aliphatic carbocycles. The maximum absolute atomic E-state index is 10.2. The topological polar surface area (TPSA) is 68.4 Å². The van der Waals surface area contributed by atoms with Crippen molar-refractivity contribution in [2.45, 2.75) is 12.5 Å². The molecule has 5 heteroatoms. The Labute approximate surface area is 116 Å². The summed E-state index contributed by atoms with van der Waals surface area (Å²) in [6.07, 6.45) is 1.43. The Morgan fingerprint density at radius 2 is 2.16 bits per heavy atom. The summed E-state index contributed by atoms with van der Waals surface area (Å²) in [5.74, 6) is 1.03. The molecule has 1 unspecified atom stereocenters. The normalized spacial score (nSPS) is 12.2. The van der Waals surface area contributed by atoms with Crippen LogP contribution in [0.5, 0.6) is 5.75 Å². The van der Waals surface area contributed by atoms with Gasteiger partial charge in [-0.05, 0) is 35.4 Å². The molecular formula is C14H15ClN2O2. The molecule has 4 nitrogen and oxygen atoms in total. The molecule has 0 amide bonds. The maximum Gasteiger partial charge on any atom is 0.137 e. The lowest BCUT2D eigenvalue weighted by atomic mass is 10.0. The number of methoxy groups -OCH3 is 1. The first-order valence-corrected chi connectivity index (χ1v) is 6.20. The molecule has 0 bridgehead atoms. The van der Waals surface area contributed by atoms with Crippen LogP contribution in [-0.2, 0) is 6.42 Å². The Morgan fingerprint density at radius 1 is 1.37 bits per heavy atom. The molecule has 0 fully saturated rings. The van der Waals surface area contributed by atoms with Crippen molar-refractivity contribution in [2.24, 2.45) is 0 Å². The van der Waals surface area contributed by atoms with E-state index in [0.717, 1.165) is 11.1 Å². The number of anilines is 1. The Hall–Kier alpha value is -1.78. The molecule has 0 saturated heterocycles. The zero-order valence-electron chi connectivity index (χ0n) is 10.5. The monoisotopic (exact) mass is 278 g/mol. The quantitative estimate of drug-likeness (QED) is 0.902. The third-order valence-electron chi connectivity index (χ3n) is 2.84. The highest BCUT2D eigenvalue weighted by atomic mass is 35.5. The number of rotatable bonds is 4. The molecule has 19 heavy (non-hydrogen) atoms. The Kier molecular flexibility index (Phi) is 4.24. The molecule has 0 spiro atoms. The summed E-state index contributed by atoms with van der Waals surface area (Å²) in [5.41, 5.74) is 7.26. The number of nitrogens with two attached hydrogens (primary N) is 1. The molecule has 3 N–H and O–H groups in total. The van der Waals surface area contributed by atoms with E-state index in [2.05, 4.69) is 4.98 Å². The van der Waals surface area contributed by atoms with E-state index < -0.39 is 6.10 Å². The number of aromatic nitrogens is 1. The van der Waals surface area contributed by atoms with Gasteiger partial charge < -0.3 is 15.6 Å². The standard InChI is InChI=1S/C14H15ClN2O2/c1-19-13-3-2-10(8-11(13)15)12(18)6-9-4-5-17-14(16)7-9/h2-5,7-8,12,18H,6H2,1H3,(H2,16,17). The number of aliphatic hydroxyl groups excluding tert-OH is 1. The largest absolute Gasteiger partial charge is 0.495 e. The van der Waals surface area contributed by atoms with E-state index in [1.165, 1.54) is 0 Å². The van der Waals surface area contributed by atoms with Crippen molar-refractivity contribution >= 4 is 17.4 Å². The van der Waals surface area contributed by atoms with Gasteiger partial charge >= 0.3 is 0 Å². The highest BCUT2D eigenvalue weighted by Crippen LogP contribution is 2.28. The number of halogens is 1. The van der Waals surface area contributed by atoms with Gasteiger partial charge in [-0.3, -0.25) is 0 Å². The number of benzene rings is 1. The molecular weight excluding hydrogens is 264 g/mol. The van der Waals surface area contributed by atoms with Gasteiger partial charge in [-0.2, -0.15) is 0 Å². The van der Waals surface area contributed by atoms with Crippen LogP contribution in [-0.4, -0.2) is 17.2 Å². The first kappa shape index (κ1) is 13.6. The minimum atomic E-state index is -0.648. The molecule has 0 saturated carbocycles. The molecule has 0 aliphatic rings. The van der Waals surface area contributed by atoms with Crippen molar-refractivity contribution < 1.29 is 9.84 Å². The van der Waals surface area contributed by atoms with Crippen LogP contribution in [0, 0.1) is 0 Å². The minimum absolute atomic E-state index is 0.442. The summed E-state index contributed by atoms with van der Waals surface area (Å²) in [5, 5.41) is 10.7. The molecule has 2 aromatic rings. The molecule has 1 aromatic carbocycles. The van der Waals surface area contributed by atoms with Crippen molar-refractivity contribution in [2.75, 3.05) is 12.8 Å². The number of hydrogen-bond donors (Lipinski definition) is 2. The first-order chi connectivity index (χ1) is 9.10. The van der Waals surface area contributed by atoms with Crippen LogP contribution in [0.1, 0.15) is 17.2 Å². The zero-order valence-corrected chi connectivity index (χ0v) is 11.3. The van der Waals surface area contributed by atoms with Crippen LogP contribution in [0.3, 0.4) is 0 Å². The molecule has 1 aromatic heterocycles. The van der Waals surface area contributed by atoms with Gasteiger partial charge in [-0.15, -0.1) is 0 Å². The lowest BCUT2D eigenvalue weighted by Gasteiger charge is -2.13. The second-order valence-electron chi connectivity index (χ2n) is 4.20. The molecule has 0 aliphatic heterocycles. The van der Waals surface area contributed by atoms with Crippen molar-refractivity contribution in [3.8, 4) is 5.75 Å². The van der Waals surface area contributed by atoms with Gasteiger partial charge in [0, 0.05) is 12.6 Å². The summed E-state index contributed by atoms with van der Waals surface area (Å²) >= 11 is 6.04. The SMILES string of the molecule is COc1ccc(C(O)Cc2ccnc(N)c2)cc1Cl. The van der Waals surface area contributed by atoms with E-state index in [1.807, 2.05) is 6.07 Å².